The summed E-state index contributed by atoms with van der Waals surface area (Å²) in [7, 11) is 3.01. The smallest absolute Gasteiger partial charge is 0.337 e. The highest BCUT2D eigenvalue weighted by molar-refractivity contribution is 5.95. The highest BCUT2D eigenvalue weighted by Crippen LogP contribution is 2.19. The predicted octanol–water partition coefficient (Wildman–Crippen LogP) is 1.82. The number of carbonyl (C=O) groups excluding carboxylic acids is 3. The van der Waals surface area contributed by atoms with Crippen LogP contribution < -0.4 is 15.5 Å². The van der Waals surface area contributed by atoms with Crippen LogP contribution in [0.5, 0.6) is 0 Å². The SMILES string of the molecule is COC(=O)c1ccc(NC(=O)CN(C)CC(=O)Nc2ccc(N3CCOCC3)cc2)cc1. The number of amides is 2. The molecule has 0 bridgehead atoms. The fraction of sp³-hybridized carbons (Fsp3) is 0.348. The minimum Gasteiger partial charge on any atom is -0.465 e. The number of hydrogen-bond donors (Lipinski definition) is 2. The number of anilines is 3. The third kappa shape index (κ3) is 6.79. The summed E-state index contributed by atoms with van der Waals surface area (Å²) in [5.74, 6) is -0.910. The number of nitrogens with one attached hydrogen (secondary N) is 2. The fourth-order valence-corrected chi connectivity index (χ4v) is 3.33. The molecule has 1 aliphatic heterocycles. The lowest BCUT2D eigenvalue weighted by Crippen LogP contribution is -2.36. The second-order valence-electron chi connectivity index (χ2n) is 7.48. The molecule has 0 radical (unpaired) electrons. The number of carbonyl (C=O) groups is 3. The van der Waals surface area contributed by atoms with E-state index in [9.17, 15) is 14.4 Å². The Hall–Kier alpha value is -3.43. The second kappa shape index (κ2) is 11.3. The molecule has 2 amide bonds. The van der Waals surface area contributed by atoms with Gasteiger partial charge in [0.15, 0.2) is 0 Å². The molecule has 0 atom stereocenters. The number of rotatable bonds is 8. The molecule has 170 valence electrons. The van der Waals surface area contributed by atoms with Crippen molar-refractivity contribution < 1.29 is 23.9 Å². The topological polar surface area (TPSA) is 100 Å². The highest BCUT2D eigenvalue weighted by Gasteiger charge is 2.13. The van der Waals surface area contributed by atoms with E-state index in [1.807, 2.05) is 24.3 Å². The summed E-state index contributed by atoms with van der Waals surface area (Å²) in [6, 6.07) is 14.1. The lowest BCUT2D eigenvalue weighted by molar-refractivity contribution is -0.119. The number of methoxy groups -OCH3 is 1. The van der Waals surface area contributed by atoms with Gasteiger partial charge in [0.2, 0.25) is 11.8 Å². The molecule has 1 fully saturated rings. The van der Waals surface area contributed by atoms with Crippen molar-refractivity contribution in [3.8, 4) is 0 Å². The Morgan fingerprint density at radius 3 is 1.91 bits per heavy atom. The number of hydrogen-bond acceptors (Lipinski definition) is 7. The van der Waals surface area contributed by atoms with Crippen LogP contribution in [0.15, 0.2) is 48.5 Å². The standard InChI is InChI=1S/C23H28N4O5/c1-26(15-21(28)24-18-5-3-17(4-6-18)23(30)31-2)16-22(29)25-19-7-9-20(10-8-19)27-11-13-32-14-12-27/h3-10H,11-16H2,1-2H3,(H,24,28)(H,25,29). The monoisotopic (exact) mass is 440 g/mol. The molecule has 2 aromatic rings. The molecule has 2 N–H and O–H groups in total. The maximum absolute atomic E-state index is 12.3. The molecule has 2 aromatic carbocycles. The van der Waals surface area contributed by atoms with Gasteiger partial charge in [0.1, 0.15) is 0 Å². The molecular formula is C23H28N4O5. The molecule has 3 rings (SSSR count). The number of benzene rings is 2. The van der Waals surface area contributed by atoms with E-state index in [1.54, 1.807) is 36.2 Å². The van der Waals surface area contributed by atoms with Gasteiger partial charge in [0.05, 0.1) is 39.0 Å². The maximum atomic E-state index is 12.3. The molecule has 9 heteroatoms. The third-order valence-electron chi connectivity index (χ3n) is 4.94. The van der Waals surface area contributed by atoms with Crippen LogP contribution in [0.3, 0.4) is 0 Å². The van der Waals surface area contributed by atoms with Gasteiger partial charge in [-0.3, -0.25) is 14.5 Å². The van der Waals surface area contributed by atoms with Crippen LogP contribution >= 0.6 is 0 Å². The van der Waals surface area contributed by atoms with E-state index in [1.165, 1.54) is 7.11 Å². The zero-order valence-electron chi connectivity index (χ0n) is 18.3. The molecule has 0 saturated carbocycles. The van der Waals surface area contributed by atoms with Gasteiger partial charge in [0, 0.05) is 30.2 Å². The van der Waals surface area contributed by atoms with Gasteiger partial charge in [-0.15, -0.1) is 0 Å². The van der Waals surface area contributed by atoms with Crippen LogP contribution in [-0.4, -0.2) is 76.2 Å². The summed E-state index contributed by atoms with van der Waals surface area (Å²) in [6.45, 7) is 3.26. The van der Waals surface area contributed by atoms with Crippen LogP contribution in [0.4, 0.5) is 17.1 Å². The maximum Gasteiger partial charge on any atom is 0.337 e. The van der Waals surface area contributed by atoms with E-state index >= 15 is 0 Å². The first kappa shape index (κ1) is 23.2. The quantitative estimate of drug-likeness (QED) is 0.604. The average Bonchev–Trinajstić information content (AvgIpc) is 2.79. The van der Waals surface area contributed by atoms with Crippen molar-refractivity contribution in [2.24, 2.45) is 0 Å². The van der Waals surface area contributed by atoms with Crippen LogP contribution in [0.1, 0.15) is 10.4 Å². The molecule has 0 spiro atoms. The second-order valence-corrected chi connectivity index (χ2v) is 7.48. The summed E-state index contributed by atoms with van der Waals surface area (Å²) in [4.78, 5) is 39.9. The first-order chi connectivity index (χ1) is 15.4. The molecule has 0 aromatic heterocycles. The molecule has 1 saturated heterocycles. The molecule has 0 aliphatic carbocycles. The number of morpholine rings is 1. The van der Waals surface area contributed by atoms with Gasteiger partial charge in [0.25, 0.3) is 0 Å². The van der Waals surface area contributed by atoms with E-state index < -0.39 is 5.97 Å². The number of esters is 1. The van der Waals surface area contributed by atoms with Crippen molar-refractivity contribution in [2.75, 3.05) is 69.1 Å². The van der Waals surface area contributed by atoms with Gasteiger partial charge in [-0.25, -0.2) is 4.79 Å². The normalized spacial score (nSPS) is 13.5. The fourth-order valence-electron chi connectivity index (χ4n) is 3.33. The van der Waals surface area contributed by atoms with Crippen molar-refractivity contribution in [3.63, 3.8) is 0 Å². The van der Waals surface area contributed by atoms with E-state index in [2.05, 4.69) is 20.3 Å². The molecule has 9 nitrogen and oxygen atoms in total. The summed E-state index contributed by atoms with van der Waals surface area (Å²) in [5, 5.41) is 5.59. The summed E-state index contributed by atoms with van der Waals surface area (Å²) < 4.78 is 10.0. The van der Waals surface area contributed by atoms with Gasteiger partial charge < -0.3 is 25.0 Å². The Kier molecular flexibility index (Phi) is 8.18. The van der Waals surface area contributed by atoms with Crippen molar-refractivity contribution in [3.05, 3.63) is 54.1 Å². The minimum atomic E-state index is -0.440. The van der Waals surface area contributed by atoms with E-state index in [-0.39, 0.29) is 24.9 Å². The van der Waals surface area contributed by atoms with Gasteiger partial charge >= 0.3 is 5.97 Å². The number of nitrogens with zero attached hydrogens (tertiary/aromatic N) is 2. The van der Waals surface area contributed by atoms with E-state index in [0.29, 0.717) is 16.9 Å². The van der Waals surface area contributed by atoms with Gasteiger partial charge in [-0.1, -0.05) is 0 Å². The average molecular weight is 441 g/mol. The van der Waals surface area contributed by atoms with Crippen molar-refractivity contribution >= 4 is 34.8 Å². The zero-order chi connectivity index (χ0) is 22.9. The Balaban J connectivity index is 1.42. The van der Waals surface area contributed by atoms with Crippen LogP contribution in [0.25, 0.3) is 0 Å². The van der Waals surface area contributed by atoms with E-state index in [0.717, 1.165) is 32.0 Å². The number of likely N-dealkylation sites (N-methyl/N-ethyl adjacent to an activating group) is 1. The molecule has 32 heavy (non-hydrogen) atoms. The van der Waals surface area contributed by atoms with Crippen LogP contribution in [-0.2, 0) is 19.1 Å². The Bertz CT molecular complexity index is 924. The molecule has 1 aliphatic rings. The van der Waals surface area contributed by atoms with E-state index in [4.69, 9.17) is 4.74 Å². The third-order valence-corrected chi connectivity index (χ3v) is 4.94. The van der Waals surface area contributed by atoms with Gasteiger partial charge in [-0.2, -0.15) is 0 Å². The molecule has 1 heterocycles. The zero-order valence-corrected chi connectivity index (χ0v) is 18.3. The Morgan fingerprint density at radius 2 is 1.41 bits per heavy atom. The first-order valence-electron chi connectivity index (χ1n) is 10.3. The lowest BCUT2D eigenvalue weighted by atomic mass is 10.2. The van der Waals surface area contributed by atoms with Crippen molar-refractivity contribution in [1.82, 2.24) is 4.90 Å². The van der Waals surface area contributed by atoms with Gasteiger partial charge in [-0.05, 0) is 55.6 Å². The first-order valence-corrected chi connectivity index (χ1v) is 10.3. The Labute approximate surface area is 187 Å². The summed E-state index contributed by atoms with van der Waals surface area (Å²) in [5.41, 5.74) is 2.76. The number of ether oxygens (including phenoxy) is 2. The lowest BCUT2D eigenvalue weighted by Gasteiger charge is -2.28. The summed E-state index contributed by atoms with van der Waals surface area (Å²) in [6.07, 6.45) is 0. The van der Waals surface area contributed by atoms with Crippen LogP contribution in [0, 0.1) is 0 Å². The Morgan fingerprint density at radius 1 is 0.906 bits per heavy atom. The minimum absolute atomic E-state index is 0.0438. The largest absolute Gasteiger partial charge is 0.465 e. The molecular weight excluding hydrogens is 412 g/mol. The van der Waals surface area contributed by atoms with Crippen molar-refractivity contribution in [1.29, 1.82) is 0 Å². The van der Waals surface area contributed by atoms with Crippen molar-refractivity contribution in [2.45, 2.75) is 0 Å². The molecule has 0 unspecified atom stereocenters. The highest BCUT2D eigenvalue weighted by atomic mass is 16.5. The van der Waals surface area contributed by atoms with Crippen LogP contribution in [0.2, 0.25) is 0 Å². The predicted molar refractivity (Wildman–Crippen MR) is 122 cm³/mol. The summed E-state index contributed by atoms with van der Waals surface area (Å²) >= 11 is 0.